The van der Waals surface area contributed by atoms with E-state index in [9.17, 15) is 9.59 Å². The van der Waals surface area contributed by atoms with Gasteiger partial charge in [0.15, 0.2) is 5.76 Å². The predicted octanol–water partition coefficient (Wildman–Crippen LogP) is 3.14. The van der Waals surface area contributed by atoms with Gasteiger partial charge in [-0.2, -0.15) is 0 Å². The van der Waals surface area contributed by atoms with Gasteiger partial charge in [-0.1, -0.05) is 17.7 Å². The molecule has 0 atom stereocenters. The van der Waals surface area contributed by atoms with E-state index in [0.717, 1.165) is 0 Å². The maximum Gasteiger partial charge on any atom is 0.383 e. The number of halogens is 1. The fourth-order valence-electron chi connectivity index (χ4n) is 1.76. The Hall–Kier alpha value is -1.81. The predicted molar refractivity (Wildman–Crippen MR) is 66.9 cm³/mol. The van der Waals surface area contributed by atoms with E-state index in [4.69, 9.17) is 16.0 Å². The summed E-state index contributed by atoms with van der Waals surface area (Å²) in [5.41, 5.74) is 1.03. The van der Waals surface area contributed by atoms with Crippen LogP contribution in [0.15, 0.2) is 22.6 Å². The number of Topliss-reactive ketones (excluding diaryl/α,β-unsaturated/α-hetero) is 1. The van der Waals surface area contributed by atoms with Gasteiger partial charge in [-0.25, -0.2) is 4.79 Å². The number of carbonyl (C=O) groups is 2. The lowest BCUT2D eigenvalue weighted by Crippen LogP contribution is -2.17. The fraction of sp³-hybridized carbons (Fsp3) is 0.231. The van der Waals surface area contributed by atoms with Crippen LogP contribution in [0.5, 0.6) is 0 Å². The highest BCUT2D eigenvalue weighted by Gasteiger charge is 2.25. The van der Waals surface area contributed by atoms with Crippen molar-refractivity contribution in [3.63, 3.8) is 0 Å². The van der Waals surface area contributed by atoms with E-state index in [2.05, 4.69) is 4.74 Å². The largest absolute Gasteiger partial charge is 0.460 e. The van der Waals surface area contributed by atoms with Gasteiger partial charge in [-0.05, 0) is 26.0 Å². The molecular weight excluding hydrogens is 256 g/mol. The van der Waals surface area contributed by atoms with Crippen LogP contribution >= 0.6 is 11.6 Å². The van der Waals surface area contributed by atoms with Crippen LogP contribution in [0.2, 0.25) is 5.02 Å². The summed E-state index contributed by atoms with van der Waals surface area (Å²) in [5, 5.41) is 1.13. The molecule has 94 valence electrons. The van der Waals surface area contributed by atoms with E-state index < -0.39 is 11.8 Å². The number of ether oxygens (including phenoxy) is 1. The number of hydrogen-bond donors (Lipinski definition) is 0. The zero-order chi connectivity index (χ0) is 13.3. The third-order valence-electron chi connectivity index (χ3n) is 2.57. The smallest absolute Gasteiger partial charge is 0.383 e. The fourth-order valence-corrected chi connectivity index (χ4v) is 2.07. The van der Waals surface area contributed by atoms with Crippen molar-refractivity contribution >= 4 is 34.3 Å². The normalized spacial score (nSPS) is 10.6. The maximum absolute atomic E-state index is 11.8. The van der Waals surface area contributed by atoms with Crippen LogP contribution in [-0.2, 0) is 9.53 Å². The molecule has 0 radical (unpaired) electrons. The molecule has 0 fully saturated rings. The molecule has 0 aliphatic rings. The first kappa shape index (κ1) is 12.6. The third kappa shape index (κ3) is 1.99. The van der Waals surface area contributed by atoms with Gasteiger partial charge in [0, 0.05) is 10.9 Å². The van der Waals surface area contributed by atoms with Gasteiger partial charge < -0.3 is 9.15 Å². The Morgan fingerprint density at radius 2 is 2.11 bits per heavy atom. The minimum absolute atomic E-state index is 0.0171. The number of carbonyl (C=O) groups excluding carboxylic acids is 2. The van der Waals surface area contributed by atoms with Crippen molar-refractivity contribution in [2.45, 2.75) is 13.8 Å². The number of rotatable bonds is 3. The summed E-state index contributed by atoms with van der Waals surface area (Å²) in [6.45, 7) is 3.46. The molecule has 5 heteroatoms. The second-order valence-electron chi connectivity index (χ2n) is 3.72. The number of ketones is 1. The van der Waals surface area contributed by atoms with Crippen molar-refractivity contribution in [1.29, 1.82) is 0 Å². The minimum atomic E-state index is -0.921. The van der Waals surface area contributed by atoms with Gasteiger partial charge in [0.1, 0.15) is 5.58 Å². The second kappa shape index (κ2) is 4.82. The molecule has 18 heavy (non-hydrogen) atoms. The first-order valence-corrected chi connectivity index (χ1v) is 5.83. The molecule has 4 nitrogen and oxygen atoms in total. The average molecular weight is 267 g/mol. The van der Waals surface area contributed by atoms with Gasteiger partial charge in [0.2, 0.25) is 0 Å². The molecule has 0 saturated heterocycles. The molecule has 1 aromatic carbocycles. The van der Waals surface area contributed by atoms with Crippen LogP contribution in [0, 0.1) is 6.92 Å². The molecule has 1 heterocycles. The summed E-state index contributed by atoms with van der Waals surface area (Å²) in [6.07, 6.45) is 0. The topological polar surface area (TPSA) is 56.5 Å². The Balaban J connectivity index is 2.53. The highest BCUT2D eigenvalue weighted by Crippen LogP contribution is 2.31. The molecule has 0 bridgehead atoms. The van der Waals surface area contributed by atoms with Gasteiger partial charge in [0.25, 0.3) is 0 Å². The lowest BCUT2D eigenvalue weighted by molar-refractivity contribution is -0.137. The van der Waals surface area contributed by atoms with Crippen molar-refractivity contribution in [3.05, 3.63) is 34.5 Å². The standard InChI is InChI=1S/C13H11ClO4/c1-3-17-13(16)11(15)12-7(2)10-8(14)5-4-6-9(10)18-12/h4-6H,3H2,1-2H3. The number of esters is 1. The Morgan fingerprint density at radius 1 is 1.39 bits per heavy atom. The Bertz CT molecular complexity index is 627. The highest BCUT2D eigenvalue weighted by atomic mass is 35.5. The molecule has 1 aromatic heterocycles. The molecule has 0 amide bonds. The van der Waals surface area contributed by atoms with Crippen LogP contribution < -0.4 is 0 Å². The summed E-state index contributed by atoms with van der Waals surface area (Å²) >= 11 is 6.03. The van der Waals surface area contributed by atoms with E-state index in [0.29, 0.717) is 21.6 Å². The molecule has 2 aromatic rings. The average Bonchev–Trinajstić information content (AvgIpc) is 2.67. The first-order chi connectivity index (χ1) is 8.56. The van der Waals surface area contributed by atoms with Crippen molar-refractivity contribution in [3.8, 4) is 0 Å². The summed E-state index contributed by atoms with van der Waals surface area (Å²) in [4.78, 5) is 23.2. The first-order valence-electron chi connectivity index (χ1n) is 5.45. The zero-order valence-corrected chi connectivity index (χ0v) is 10.7. The van der Waals surface area contributed by atoms with Crippen molar-refractivity contribution in [2.75, 3.05) is 6.61 Å². The van der Waals surface area contributed by atoms with Crippen LogP contribution in [0.3, 0.4) is 0 Å². The summed E-state index contributed by atoms with van der Waals surface area (Å²) in [6, 6.07) is 5.10. The third-order valence-corrected chi connectivity index (χ3v) is 2.89. The number of benzene rings is 1. The molecule has 2 rings (SSSR count). The lowest BCUT2D eigenvalue weighted by atomic mass is 10.1. The maximum atomic E-state index is 11.8. The monoisotopic (exact) mass is 266 g/mol. The Kier molecular flexibility index (Phi) is 3.39. The molecule has 0 unspecified atom stereocenters. The van der Waals surface area contributed by atoms with Crippen LogP contribution in [0.1, 0.15) is 23.0 Å². The Labute approximate surface area is 108 Å². The molecule has 0 saturated carbocycles. The van der Waals surface area contributed by atoms with E-state index in [1.54, 1.807) is 32.0 Å². The summed E-state index contributed by atoms with van der Waals surface area (Å²) in [5.74, 6) is -1.73. The number of fused-ring (bicyclic) bond motifs is 1. The van der Waals surface area contributed by atoms with Gasteiger partial charge >= 0.3 is 11.8 Å². The number of aryl methyl sites for hydroxylation is 1. The minimum Gasteiger partial charge on any atom is -0.460 e. The van der Waals surface area contributed by atoms with E-state index in [1.807, 2.05) is 0 Å². The highest BCUT2D eigenvalue weighted by molar-refractivity contribution is 6.41. The Morgan fingerprint density at radius 3 is 2.72 bits per heavy atom. The van der Waals surface area contributed by atoms with E-state index in [1.165, 1.54) is 0 Å². The van der Waals surface area contributed by atoms with Crippen LogP contribution in [0.4, 0.5) is 0 Å². The van der Waals surface area contributed by atoms with Crippen LogP contribution in [0.25, 0.3) is 11.0 Å². The van der Waals surface area contributed by atoms with Gasteiger partial charge in [-0.3, -0.25) is 4.79 Å². The van der Waals surface area contributed by atoms with Crippen LogP contribution in [-0.4, -0.2) is 18.4 Å². The van der Waals surface area contributed by atoms with Crippen molar-refractivity contribution in [1.82, 2.24) is 0 Å². The quantitative estimate of drug-likeness (QED) is 0.486. The van der Waals surface area contributed by atoms with E-state index >= 15 is 0 Å². The molecule has 0 aliphatic heterocycles. The molecular formula is C13H11ClO4. The number of hydrogen-bond acceptors (Lipinski definition) is 4. The zero-order valence-electron chi connectivity index (χ0n) is 9.95. The summed E-state index contributed by atoms with van der Waals surface area (Å²) < 4.78 is 10.0. The van der Waals surface area contributed by atoms with Gasteiger partial charge in [0.05, 0.1) is 11.6 Å². The van der Waals surface area contributed by atoms with Gasteiger partial charge in [-0.15, -0.1) is 0 Å². The number of furan rings is 1. The van der Waals surface area contributed by atoms with E-state index in [-0.39, 0.29) is 12.4 Å². The van der Waals surface area contributed by atoms with Crippen molar-refractivity contribution in [2.24, 2.45) is 0 Å². The molecule has 0 N–H and O–H groups in total. The lowest BCUT2D eigenvalue weighted by Gasteiger charge is -1.98. The molecule has 0 aliphatic carbocycles. The second-order valence-corrected chi connectivity index (χ2v) is 4.13. The van der Waals surface area contributed by atoms with Crippen molar-refractivity contribution < 1.29 is 18.7 Å². The SMILES string of the molecule is CCOC(=O)C(=O)c1oc2cccc(Cl)c2c1C. The summed E-state index contributed by atoms with van der Waals surface area (Å²) in [7, 11) is 0. The molecule has 0 spiro atoms.